The number of nitrogen functional groups attached to an aromatic ring is 1. The van der Waals surface area contributed by atoms with Gasteiger partial charge in [-0.2, -0.15) is 13.2 Å². The molecule has 0 aliphatic rings. The molecule has 4 N–H and O–H groups in total. The van der Waals surface area contributed by atoms with Crippen LogP contribution < -0.4 is 11.1 Å². The van der Waals surface area contributed by atoms with Crippen LogP contribution in [0.3, 0.4) is 0 Å². The summed E-state index contributed by atoms with van der Waals surface area (Å²) in [6, 6.07) is 8.48. The predicted molar refractivity (Wildman–Crippen MR) is 123 cm³/mol. The van der Waals surface area contributed by atoms with Gasteiger partial charge < -0.3 is 10.3 Å². The van der Waals surface area contributed by atoms with Gasteiger partial charge in [-0.1, -0.05) is 23.3 Å². The van der Waals surface area contributed by atoms with Crippen molar-refractivity contribution >= 4 is 28.1 Å². The third-order valence-corrected chi connectivity index (χ3v) is 5.68. The molecule has 0 radical (unpaired) electrons. The third-order valence-electron chi connectivity index (χ3n) is 4.94. The van der Waals surface area contributed by atoms with E-state index < -0.39 is 17.6 Å². The molecule has 0 saturated carbocycles. The first kappa shape index (κ1) is 23.2. The van der Waals surface area contributed by atoms with E-state index in [9.17, 15) is 18.0 Å². The second kappa shape index (κ2) is 9.13. The summed E-state index contributed by atoms with van der Waals surface area (Å²) in [5.74, 6) is 5.53. The molecule has 2 aromatic heterocycles. The first-order valence-corrected chi connectivity index (χ1v) is 10.9. The van der Waals surface area contributed by atoms with Gasteiger partial charge in [0.1, 0.15) is 5.69 Å². The lowest BCUT2D eigenvalue weighted by Crippen LogP contribution is -2.82. The lowest BCUT2D eigenvalue weighted by Gasteiger charge is -2.11. The zero-order valence-corrected chi connectivity index (χ0v) is 19.0. The summed E-state index contributed by atoms with van der Waals surface area (Å²) < 4.78 is 42.0. The van der Waals surface area contributed by atoms with Gasteiger partial charge in [-0.3, -0.25) is 0 Å². The molecule has 4 rings (SSSR count). The number of aryl methyl sites for hydroxylation is 2. The van der Waals surface area contributed by atoms with Crippen molar-refractivity contribution in [2.24, 2.45) is 0 Å². The minimum absolute atomic E-state index is 0.134. The van der Waals surface area contributed by atoms with E-state index in [1.807, 2.05) is 6.92 Å². The average Bonchev–Trinajstić information content (AvgIpc) is 3.40. The van der Waals surface area contributed by atoms with Crippen molar-refractivity contribution in [1.29, 1.82) is 0 Å². The van der Waals surface area contributed by atoms with Crippen LogP contribution in [-0.4, -0.2) is 20.4 Å². The molecule has 0 aliphatic carbocycles. The largest absolute Gasteiger partial charge is 0.416 e. The number of quaternary nitrogens is 1. The minimum atomic E-state index is -4.57. The molecule has 0 bridgehead atoms. The molecule has 0 atom stereocenters. The van der Waals surface area contributed by atoms with E-state index in [2.05, 4.69) is 21.8 Å². The fourth-order valence-corrected chi connectivity index (χ4v) is 3.75. The molecular weight excluding hydrogens is 463 g/mol. The number of aromatic nitrogens is 3. The van der Waals surface area contributed by atoms with Crippen molar-refractivity contribution in [2.45, 2.75) is 20.0 Å². The number of carbonyl (C=O) groups is 1. The van der Waals surface area contributed by atoms with Crippen LogP contribution in [0.2, 0.25) is 0 Å². The maximum Gasteiger partial charge on any atom is 0.416 e. The fraction of sp³-hybridized carbons (Fsp3) is 0.125. The Hall–Kier alpha value is -3.94. The highest BCUT2D eigenvalue weighted by molar-refractivity contribution is 7.15. The molecule has 0 spiro atoms. The van der Waals surface area contributed by atoms with Gasteiger partial charge in [0.25, 0.3) is 0 Å². The van der Waals surface area contributed by atoms with Crippen LogP contribution in [0.1, 0.15) is 37.6 Å². The Morgan fingerprint density at radius 1 is 1.12 bits per heavy atom. The summed E-state index contributed by atoms with van der Waals surface area (Å²) in [5.41, 5.74) is 7.62. The number of halogens is 3. The second-order valence-corrected chi connectivity index (χ2v) is 8.65. The number of primary amides is 1. The predicted octanol–water partition coefficient (Wildman–Crippen LogP) is 3.98. The normalized spacial score (nSPS) is 11.2. The molecule has 4 aromatic rings. The molecule has 172 valence electrons. The second-order valence-electron chi connectivity index (χ2n) is 7.58. The van der Waals surface area contributed by atoms with Gasteiger partial charge in [-0.15, -0.1) is 0 Å². The highest BCUT2D eigenvalue weighted by Crippen LogP contribution is 2.32. The van der Waals surface area contributed by atoms with E-state index in [-0.39, 0.29) is 11.4 Å². The van der Waals surface area contributed by atoms with Crippen LogP contribution >= 0.6 is 11.3 Å². The third kappa shape index (κ3) is 5.33. The lowest BCUT2D eigenvalue weighted by atomic mass is 10.0. The number of carbonyl (C=O) groups excluding carboxylic acids is 1. The zero-order chi connectivity index (χ0) is 24.5. The lowest BCUT2D eigenvalue weighted by molar-refractivity contribution is -0.464. The monoisotopic (exact) mass is 482 g/mol. The number of imidazole rings is 1. The molecule has 1 amide bonds. The topological polar surface area (TPSA) is 90.4 Å². The van der Waals surface area contributed by atoms with Crippen LogP contribution in [-0.2, 0) is 6.18 Å². The molecule has 10 heteroatoms. The van der Waals surface area contributed by atoms with Gasteiger partial charge in [-0.05, 0) is 43.5 Å². The van der Waals surface area contributed by atoms with E-state index in [1.165, 1.54) is 33.6 Å². The van der Waals surface area contributed by atoms with Crippen molar-refractivity contribution in [3.8, 4) is 17.5 Å². The van der Waals surface area contributed by atoms with Crippen LogP contribution in [0.5, 0.6) is 0 Å². The first-order valence-electron chi connectivity index (χ1n) is 10.0. The van der Waals surface area contributed by atoms with Crippen LogP contribution in [0.15, 0.2) is 55.1 Å². The van der Waals surface area contributed by atoms with E-state index in [1.54, 1.807) is 37.5 Å². The minimum Gasteiger partial charge on any atom is -0.375 e. The van der Waals surface area contributed by atoms with Crippen molar-refractivity contribution in [3.05, 3.63) is 87.9 Å². The number of thiazole rings is 1. The summed E-state index contributed by atoms with van der Waals surface area (Å²) in [6.07, 6.45) is 0.0445. The molecular formula is C24H19F3N5OS+. The smallest absolute Gasteiger partial charge is 0.375 e. The maximum absolute atomic E-state index is 13.5. The number of benzene rings is 2. The molecule has 0 saturated heterocycles. The Balaban J connectivity index is 1.64. The number of hydrogen-bond donors (Lipinski definition) is 2. The van der Waals surface area contributed by atoms with Crippen molar-refractivity contribution < 1.29 is 23.3 Å². The van der Waals surface area contributed by atoms with Crippen molar-refractivity contribution in [2.75, 3.05) is 5.73 Å². The summed E-state index contributed by atoms with van der Waals surface area (Å²) in [4.78, 5) is 21.6. The molecule has 2 aromatic carbocycles. The number of amides is 1. The van der Waals surface area contributed by atoms with E-state index in [4.69, 9.17) is 5.73 Å². The number of nitrogens with two attached hydrogens (primary N) is 2. The Kier molecular flexibility index (Phi) is 6.24. The molecule has 34 heavy (non-hydrogen) atoms. The zero-order valence-electron chi connectivity index (χ0n) is 18.1. The highest BCUT2D eigenvalue weighted by atomic mass is 32.1. The number of nitrogens with zero attached hydrogens (tertiary/aromatic N) is 3. The summed E-state index contributed by atoms with van der Waals surface area (Å²) >= 11 is 1.25. The molecule has 6 nitrogen and oxygen atoms in total. The van der Waals surface area contributed by atoms with Gasteiger partial charge in [0, 0.05) is 23.9 Å². The van der Waals surface area contributed by atoms with Gasteiger partial charge in [0.05, 0.1) is 39.9 Å². The van der Waals surface area contributed by atoms with E-state index >= 15 is 0 Å². The number of rotatable bonds is 3. The summed E-state index contributed by atoms with van der Waals surface area (Å²) in [5, 5.41) is 1.60. The number of alkyl halides is 3. The maximum atomic E-state index is 13.5. The van der Waals surface area contributed by atoms with Crippen LogP contribution in [0.25, 0.3) is 5.69 Å². The van der Waals surface area contributed by atoms with E-state index in [0.717, 1.165) is 17.7 Å². The molecule has 0 fully saturated rings. The van der Waals surface area contributed by atoms with Gasteiger partial charge in [0.15, 0.2) is 5.13 Å². The number of hydrogen-bond acceptors (Lipinski definition) is 5. The summed E-state index contributed by atoms with van der Waals surface area (Å²) in [6.45, 7) is 3.59. The average molecular weight is 483 g/mol. The fourth-order valence-electron chi connectivity index (χ4n) is 3.21. The van der Waals surface area contributed by atoms with Gasteiger partial charge in [-0.25, -0.2) is 20.1 Å². The molecule has 2 heterocycles. The van der Waals surface area contributed by atoms with Crippen molar-refractivity contribution in [1.82, 2.24) is 14.5 Å². The Morgan fingerprint density at radius 3 is 2.56 bits per heavy atom. The first-order chi connectivity index (χ1) is 16.1. The highest BCUT2D eigenvalue weighted by Gasteiger charge is 2.32. The molecule has 0 aliphatic heterocycles. The Labute approximate surface area is 197 Å². The van der Waals surface area contributed by atoms with Gasteiger partial charge >= 0.3 is 12.1 Å². The standard InChI is InChI=1S/C24H18F3N5OS/c1-14-3-4-17(7-16(14)5-6-21-11-29-23(28)34-21)22(33)31-19-8-18(24(25,26)27)9-20(10-19)32-12-15(2)30-13-32/h3-4,7-13H,1-2H3,(H2,28,29)(H,31,33)/p+1. The van der Waals surface area contributed by atoms with Gasteiger partial charge in [0.2, 0.25) is 0 Å². The van der Waals surface area contributed by atoms with Crippen LogP contribution in [0, 0.1) is 25.7 Å². The summed E-state index contributed by atoms with van der Waals surface area (Å²) in [7, 11) is 0. The SMILES string of the molecule is Cc1cn(-c2cc([NH2+]C(=O)c3ccc(C)c(C#Cc4cnc(N)s4)c3)cc(C(F)(F)F)c2)cn1. The Bertz CT molecular complexity index is 1440. The molecule has 0 unspecified atom stereocenters. The number of anilines is 1. The Morgan fingerprint density at radius 2 is 1.91 bits per heavy atom. The van der Waals surface area contributed by atoms with Crippen molar-refractivity contribution in [3.63, 3.8) is 0 Å². The van der Waals surface area contributed by atoms with Crippen LogP contribution in [0.4, 0.5) is 24.0 Å². The van der Waals surface area contributed by atoms with E-state index in [0.29, 0.717) is 26.8 Å². The quantitative estimate of drug-likeness (QED) is 0.341.